The number of hydrogen-bond acceptors (Lipinski definition) is 7. The second-order valence-electron chi connectivity index (χ2n) is 15.3. The van der Waals surface area contributed by atoms with E-state index in [1.165, 1.54) is 0 Å². The number of esters is 3. The third-order valence-electron chi connectivity index (χ3n) is 13.4. The Hall–Kier alpha value is -1.89. The average Bonchev–Trinajstić information content (AvgIpc) is 3.23. The molecule has 0 bridgehead atoms. The molecular weight excluding hydrogens is 532 g/mol. The van der Waals surface area contributed by atoms with Gasteiger partial charge in [-0.2, -0.15) is 0 Å². The zero-order valence-corrected chi connectivity index (χ0v) is 27.2. The van der Waals surface area contributed by atoms with E-state index in [0.29, 0.717) is 25.2 Å². The second kappa shape index (κ2) is 10.9. The Balaban J connectivity index is 1.57. The van der Waals surface area contributed by atoms with Gasteiger partial charge in [0.15, 0.2) is 0 Å². The van der Waals surface area contributed by atoms with E-state index in [-0.39, 0.29) is 58.6 Å². The summed E-state index contributed by atoms with van der Waals surface area (Å²) < 4.78 is 18.2. The molecule has 3 saturated carbocycles. The Morgan fingerprint density at radius 1 is 1.00 bits per heavy atom. The molecule has 0 amide bonds. The summed E-state index contributed by atoms with van der Waals surface area (Å²) in [7, 11) is 0. The molecule has 42 heavy (non-hydrogen) atoms. The number of cyclic esters (lactones) is 1. The maximum atomic E-state index is 13.5. The molecule has 0 radical (unpaired) electrons. The molecule has 0 aromatic carbocycles. The van der Waals surface area contributed by atoms with Crippen LogP contribution in [0, 0.1) is 39.4 Å². The van der Waals surface area contributed by atoms with Crippen molar-refractivity contribution in [3.8, 4) is 0 Å². The Labute approximate surface area is 252 Å². The number of rotatable bonds is 7. The molecule has 5 aliphatic rings. The first-order chi connectivity index (χ1) is 19.7. The Morgan fingerprint density at radius 2 is 1.69 bits per heavy atom. The minimum absolute atomic E-state index is 0.0278. The quantitative estimate of drug-likeness (QED) is 0.262. The lowest BCUT2D eigenvalue weighted by Crippen LogP contribution is -2.67. The molecule has 236 valence electrons. The highest BCUT2D eigenvalue weighted by Crippen LogP contribution is 2.74. The van der Waals surface area contributed by atoms with E-state index in [0.717, 1.165) is 56.1 Å². The minimum atomic E-state index is -0.740. The molecule has 1 heterocycles. The van der Waals surface area contributed by atoms with Crippen molar-refractivity contribution in [1.29, 1.82) is 0 Å². The van der Waals surface area contributed by atoms with Crippen LogP contribution in [0.25, 0.3) is 0 Å². The number of aliphatic hydroxyl groups is 1. The maximum Gasteiger partial charge on any atom is 0.335 e. The van der Waals surface area contributed by atoms with Crippen molar-refractivity contribution in [3.63, 3.8) is 0 Å². The van der Waals surface area contributed by atoms with Gasteiger partial charge in [0.2, 0.25) is 0 Å². The van der Waals surface area contributed by atoms with Crippen LogP contribution in [0.1, 0.15) is 126 Å². The number of hydrogen-bond donors (Lipinski definition) is 1. The molecule has 4 aliphatic carbocycles. The molecule has 1 unspecified atom stereocenters. The molecular formula is C35H54O7. The van der Waals surface area contributed by atoms with Crippen molar-refractivity contribution in [3.05, 3.63) is 11.1 Å². The van der Waals surface area contributed by atoms with Gasteiger partial charge in [0.1, 0.15) is 18.3 Å². The summed E-state index contributed by atoms with van der Waals surface area (Å²) in [6.45, 7) is 17.1. The fraction of sp³-hybridized carbons (Fsp3) is 0.857. The van der Waals surface area contributed by atoms with Crippen molar-refractivity contribution < 1.29 is 33.7 Å². The number of carbonyl (C=O) groups is 3. The van der Waals surface area contributed by atoms with Crippen molar-refractivity contribution in [2.24, 2.45) is 39.4 Å². The lowest BCUT2D eigenvalue weighted by Gasteiger charge is -2.70. The Bertz CT molecular complexity index is 1140. The summed E-state index contributed by atoms with van der Waals surface area (Å²) in [5.74, 6) is 0.0236. The van der Waals surface area contributed by atoms with E-state index in [2.05, 4.69) is 34.6 Å². The highest BCUT2D eigenvalue weighted by molar-refractivity contribution is 5.94. The summed E-state index contributed by atoms with van der Waals surface area (Å²) in [5, 5.41) is 10.3. The van der Waals surface area contributed by atoms with Gasteiger partial charge in [0.25, 0.3) is 0 Å². The first-order valence-corrected chi connectivity index (χ1v) is 16.7. The van der Waals surface area contributed by atoms with Crippen LogP contribution in [0.4, 0.5) is 0 Å². The van der Waals surface area contributed by atoms with E-state index in [9.17, 15) is 19.5 Å². The highest BCUT2D eigenvalue weighted by Gasteiger charge is 2.70. The molecule has 7 nitrogen and oxygen atoms in total. The number of carbonyl (C=O) groups excluding carboxylic acids is 3. The standard InChI is InChI=1S/C35H54O7/c1-9-22(36)18-29(38)42-27-19-26-33(6)16-11-15-32(5,21(4)41-28(37)10-2)24(33)14-17-34(26,7)25-13-12-23-20(3)40-31(39)30(23)35(25,27)8/h20-22,24-27,36H,9-19H2,1-8H3/t20-,21-,22?,24-,25-,26+,27-,32+,33-,34-,35+/m0/s1. The van der Waals surface area contributed by atoms with Crippen molar-refractivity contribution in [2.75, 3.05) is 0 Å². The number of ether oxygens (including phenoxy) is 3. The van der Waals surface area contributed by atoms with Gasteiger partial charge in [0, 0.05) is 22.8 Å². The van der Waals surface area contributed by atoms with E-state index in [1.807, 2.05) is 20.8 Å². The van der Waals surface area contributed by atoms with Crippen LogP contribution in [0.3, 0.4) is 0 Å². The molecule has 0 saturated heterocycles. The number of fused-ring (bicyclic) bond motifs is 6. The van der Waals surface area contributed by atoms with Gasteiger partial charge in [-0.05, 0) is 99.4 Å². The summed E-state index contributed by atoms with van der Waals surface area (Å²) >= 11 is 0. The summed E-state index contributed by atoms with van der Waals surface area (Å²) in [6.07, 6.45) is 6.93. The fourth-order valence-electron chi connectivity index (χ4n) is 11.1. The van der Waals surface area contributed by atoms with Gasteiger partial charge in [-0.15, -0.1) is 0 Å². The maximum absolute atomic E-state index is 13.5. The number of aliphatic hydroxyl groups excluding tert-OH is 1. The molecule has 3 fully saturated rings. The van der Waals surface area contributed by atoms with Crippen LogP contribution in [-0.2, 0) is 28.6 Å². The average molecular weight is 587 g/mol. The van der Waals surface area contributed by atoms with E-state index < -0.39 is 23.6 Å². The topological polar surface area (TPSA) is 99.1 Å². The van der Waals surface area contributed by atoms with Crippen LogP contribution >= 0.6 is 0 Å². The Morgan fingerprint density at radius 3 is 2.36 bits per heavy atom. The monoisotopic (exact) mass is 586 g/mol. The first kappa shape index (κ1) is 31.5. The van der Waals surface area contributed by atoms with Crippen LogP contribution in [0.5, 0.6) is 0 Å². The summed E-state index contributed by atoms with van der Waals surface area (Å²) in [6, 6.07) is 0. The minimum Gasteiger partial charge on any atom is -0.462 e. The van der Waals surface area contributed by atoms with Crippen LogP contribution in [-0.4, -0.2) is 47.4 Å². The molecule has 0 aromatic heterocycles. The van der Waals surface area contributed by atoms with Gasteiger partial charge >= 0.3 is 17.9 Å². The normalized spacial score (nSPS) is 44.1. The molecule has 11 atom stereocenters. The molecule has 5 rings (SSSR count). The lowest BCUT2D eigenvalue weighted by molar-refractivity contribution is -0.237. The third kappa shape index (κ3) is 4.57. The molecule has 1 N–H and O–H groups in total. The van der Waals surface area contributed by atoms with Crippen LogP contribution in [0.2, 0.25) is 0 Å². The molecule has 0 spiro atoms. The molecule has 7 heteroatoms. The highest BCUT2D eigenvalue weighted by atomic mass is 16.6. The van der Waals surface area contributed by atoms with E-state index in [1.54, 1.807) is 0 Å². The smallest absolute Gasteiger partial charge is 0.335 e. The second-order valence-corrected chi connectivity index (χ2v) is 15.3. The fourth-order valence-corrected chi connectivity index (χ4v) is 11.1. The zero-order valence-electron chi connectivity index (χ0n) is 27.2. The summed E-state index contributed by atoms with van der Waals surface area (Å²) in [4.78, 5) is 39.1. The zero-order chi connectivity index (χ0) is 30.8. The van der Waals surface area contributed by atoms with Gasteiger partial charge in [-0.25, -0.2) is 4.79 Å². The van der Waals surface area contributed by atoms with Crippen LogP contribution in [0.15, 0.2) is 11.1 Å². The van der Waals surface area contributed by atoms with Crippen molar-refractivity contribution in [1.82, 2.24) is 0 Å². The lowest BCUT2D eigenvalue weighted by atomic mass is 9.34. The van der Waals surface area contributed by atoms with Crippen molar-refractivity contribution >= 4 is 17.9 Å². The molecule has 1 aliphatic heterocycles. The van der Waals surface area contributed by atoms with E-state index in [4.69, 9.17) is 14.2 Å². The predicted octanol–water partition coefficient (Wildman–Crippen LogP) is 6.69. The van der Waals surface area contributed by atoms with Gasteiger partial charge in [-0.1, -0.05) is 48.0 Å². The predicted molar refractivity (Wildman–Crippen MR) is 159 cm³/mol. The van der Waals surface area contributed by atoms with Gasteiger partial charge < -0.3 is 19.3 Å². The largest absolute Gasteiger partial charge is 0.462 e. The third-order valence-corrected chi connectivity index (χ3v) is 13.4. The van der Waals surface area contributed by atoms with Crippen molar-refractivity contribution in [2.45, 2.75) is 150 Å². The molecule has 0 aromatic rings. The first-order valence-electron chi connectivity index (χ1n) is 16.7. The van der Waals surface area contributed by atoms with Gasteiger partial charge in [0.05, 0.1) is 12.5 Å². The van der Waals surface area contributed by atoms with E-state index >= 15 is 0 Å². The van der Waals surface area contributed by atoms with Gasteiger partial charge in [-0.3, -0.25) is 9.59 Å². The summed E-state index contributed by atoms with van der Waals surface area (Å²) in [5.41, 5.74) is 0.980. The Kier molecular flexibility index (Phi) is 8.20. The SMILES string of the molecule is CCC(=O)O[C@@H](C)[C@@]1(C)CCC[C@@]2(C)[C@H]1CC[C@]1(C)[C@@H]2C[C@H](OC(=O)CC(O)CC)[C@]2(C)C3=C(CC[C@@H]12)[C@H](C)OC3=O. The van der Waals surface area contributed by atoms with Crippen LogP contribution < -0.4 is 0 Å².